The monoisotopic (exact) mass is 293 g/mol. The van der Waals surface area contributed by atoms with Gasteiger partial charge in [0.05, 0.1) is 11.7 Å². The van der Waals surface area contributed by atoms with Crippen LogP contribution >= 0.6 is 11.8 Å². The van der Waals surface area contributed by atoms with Gasteiger partial charge < -0.3 is 4.74 Å². The van der Waals surface area contributed by atoms with Gasteiger partial charge in [0.25, 0.3) is 0 Å². The molecule has 0 saturated heterocycles. The molecule has 0 bridgehead atoms. The Bertz CT molecular complexity index is 762. The van der Waals surface area contributed by atoms with E-state index in [2.05, 4.69) is 41.4 Å². The van der Waals surface area contributed by atoms with Crippen LogP contribution in [0.5, 0.6) is 5.75 Å². The lowest BCUT2D eigenvalue weighted by atomic mass is 10.1. The number of fused-ring (bicyclic) bond motifs is 2. The zero-order valence-corrected chi connectivity index (χ0v) is 12.3. The van der Waals surface area contributed by atoms with Crippen molar-refractivity contribution in [3.8, 4) is 5.75 Å². The normalized spacial score (nSPS) is 16.9. The van der Waals surface area contributed by atoms with Crippen molar-refractivity contribution >= 4 is 22.7 Å². The molecule has 1 aromatic heterocycles. The molecule has 2 aromatic carbocycles. The number of ether oxygens (including phenoxy) is 1. The molecule has 1 aliphatic heterocycles. The van der Waals surface area contributed by atoms with E-state index in [1.165, 1.54) is 10.5 Å². The van der Waals surface area contributed by atoms with Crippen molar-refractivity contribution in [1.29, 1.82) is 0 Å². The summed E-state index contributed by atoms with van der Waals surface area (Å²) < 4.78 is 5.95. The molecular formula is C18H15NOS. The fourth-order valence-electron chi connectivity index (χ4n) is 2.67. The third-order valence-corrected chi connectivity index (χ3v) is 5.00. The fourth-order valence-corrected chi connectivity index (χ4v) is 3.88. The van der Waals surface area contributed by atoms with E-state index < -0.39 is 0 Å². The number of nitrogens with zero attached hydrogens (tertiary/aromatic N) is 1. The largest absolute Gasteiger partial charge is 0.491 e. The molecule has 1 aliphatic rings. The average molecular weight is 293 g/mol. The van der Waals surface area contributed by atoms with Gasteiger partial charge in [0.2, 0.25) is 0 Å². The van der Waals surface area contributed by atoms with Gasteiger partial charge in [0, 0.05) is 15.5 Å². The Morgan fingerprint density at radius 1 is 1.10 bits per heavy atom. The molecule has 0 amide bonds. The zero-order chi connectivity index (χ0) is 14.1. The van der Waals surface area contributed by atoms with Crippen molar-refractivity contribution in [3.63, 3.8) is 0 Å². The first-order chi connectivity index (χ1) is 10.4. The summed E-state index contributed by atoms with van der Waals surface area (Å²) in [6.45, 7) is 0.722. The Labute approximate surface area is 128 Å². The van der Waals surface area contributed by atoms with Crippen LogP contribution < -0.4 is 4.74 Å². The zero-order valence-electron chi connectivity index (χ0n) is 11.5. The fraction of sp³-hybridized carbons (Fsp3) is 0.167. The van der Waals surface area contributed by atoms with E-state index in [1.54, 1.807) is 0 Å². The Kier molecular flexibility index (Phi) is 3.28. The second-order valence-electron chi connectivity index (χ2n) is 5.23. The van der Waals surface area contributed by atoms with Crippen LogP contribution in [0.4, 0.5) is 0 Å². The van der Waals surface area contributed by atoms with E-state index in [0.717, 1.165) is 29.7 Å². The molecule has 0 radical (unpaired) electrons. The van der Waals surface area contributed by atoms with Crippen LogP contribution in [0, 0.1) is 0 Å². The number of pyridine rings is 1. The predicted molar refractivity (Wildman–Crippen MR) is 87.0 cm³/mol. The van der Waals surface area contributed by atoms with Gasteiger partial charge in [-0.3, -0.25) is 4.98 Å². The van der Waals surface area contributed by atoms with Crippen molar-refractivity contribution in [1.82, 2.24) is 4.98 Å². The van der Waals surface area contributed by atoms with Gasteiger partial charge in [-0.1, -0.05) is 36.4 Å². The Morgan fingerprint density at radius 2 is 1.95 bits per heavy atom. The number of thioether (sulfide) groups is 1. The number of aromatic nitrogens is 1. The minimum atomic E-state index is 0.494. The number of rotatable bonds is 3. The van der Waals surface area contributed by atoms with E-state index in [-0.39, 0.29) is 0 Å². The van der Waals surface area contributed by atoms with Gasteiger partial charge in [0.15, 0.2) is 0 Å². The Balaban J connectivity index is 1.45. The number of benzene rings is 2. The van der Waals surface area contributed by atoms with Gasteiger partial charge in [0.1, 0.15) is 12.4 Å². The standard InChI is InChI=1S/C18H15NOS/c1-3-7-17-13(5-1)9-15(11-19-17)20-12-16-10-14-6-2-4-8-18(14)21-16/h1-9,11,16H,10,12H2. The highest BCUT2D eigenvalue weighted by Crippen LogP contribution is 2.36. The van der Waals surface area contributed by atoms with E-state index in [1.807, 2.05) is 36.2 Å². The highest BCUT2D eigenvalue weighted by Gasteiger charge is 2.22. The molecule has 0 saturated carbocycles. The summed E-state index contributed by atoms with van der Waals surface area (Å²) in [6, 6.07) is 18.8. The Hall–Kier alpha value is -2.00. The second-order valence-corrected chi connectivity index (χ2v) is 6.57. The van der Waals surface area contributed by atoms with E-state index in [4.69, 9.17) is 4.74 Å². The molecule has 3 heteroatoms. The van der Waals surface area contributed by atoms with Crippen molar-refractivity contribution in [3.05, 3.63) is 66.4 Å². The first kappa shape index (κ1) is 12.7. The minimum absolute atomic E-state index is 0.494. The van der Waals surface area contributed by atoms with Crippen LogP contribution in [-0.2, 0) is 6.42 Å². The molecule has 2 nitrogen and oxygen atoms in total. The van der Waals surface area contributed by atoms with Gasteiger partial charge in [-0.05, 0) is 30.2 Å². The van der Waals surface area contributed by atoms with Crippen molar-refractivity contribution in [2.75, 3.05) is 6.61 Å². The lowest BCUT2D eigenvalue weighted by Crippen LogP contribution is -2.13. The van der Waals surface area contributed by atoms with Crippen molar-refractivity contribution < 1.29 is 4.74 Å². The molecule has 21 heavy (non-hydrogen) atoms. The number of hydrogen-bond donors (Lipinski definition) is 0. The lowest BCUT2D eigenvalue weighted by molar-refractivity contribution is 0.317. The van der Waals surface area contributed by atoms with Crippen LogP contribution in [0.15, 0.2) is 65.7 Å². The summed E-state index contributed by atoms with van der Waals surface area (Å²) in [5.74, 6) is 0.852. The van der Waals surface area contributed by atoms with E-state index in [0.29, 0.717) is 5.25 Å². The van der Waals surface area contributed by atoms with Crippen LogP contribution in [-0.4, -0.2) is 16.8 Å². The molecule has 0 fully saturated rings. The highest BCUT2D eigenvalue weighted by atomic mass is 32.2. The van der Waals surface area contributed by atoms with Crippen molar-refractivity contribution in [2.24, 2.45) is 0 Å². The van der Waals surface area contributed by atoms with Gasteiger partial charge in [-0.25, -0.2) is 0 Å². The predicted octanol–water partition coefficient (Wildman–Crippen LogP) is 4.33. The van der Waals surface area contributed by atoms with Gasteiger partial charge in [-0.2, -0.15) is 0 Å². The molecule has 3 aromatic rings. The van der Waals surface area contributed by atoms with Gasteiger partial charge in [-0.15, -0.1) is 11.8 Å². The molecule has 2 heterocycles. The molecule has 104 valence electrons. The van der Waals surface area contributed by atoms with Crippen LogP contribution in [0.25, 0.3) is 10.9 Å². The second kappa shape index (κ2) is 5.41. The smallest absolute Gasteiger partial charge is 0.138 e. The van der Waals surface area contributed by atoms with E-state index >= 15 is 0 Å². The topological polar surface area (TPSA) is 22.1 Å². The lowest BCUT2D eigenvalue weighted by Gasteiger charge is -2.11. The number of hydrogen-bond acceptors (Lipinski definition) is 3. The maximum Gasteiger partial charge on any atom is 0.138 e. The first-order valence-corrected chi connectivity index (χ1v) is 7.98. The van der Waals surface area contributed by atoms with Crippen LogP contribution in [0.3, 0.4) is 0 Å². The molecule has 0 spiro atoms. The quantitative estimate of drug-likeness (QED) is 0.717. The maximum absolute atomic E-state index is 5.95. The molecule has 1 unspecified atom stereocenters. The summed E-state index contributed by atoms with van der Waals surface area (Å²) in [6.07, 6.45) is 2.90. The van der Waals surface area contributed by atoms with Crippen molar-refractivity contribution in [2.45, 2.75) is 16.6 Å². The molecule has 0 aliphatic carbocycles. The minimum Gasteiger partial charge on any atom is -0.491 e. The molecular weight excluding hydrogens is 278 g/mol. The summed E-state index contributed by atoms with van der Waals surface area (Å²) in [4.78, 5) is 5.83. The highest BCUT2D eigenvalue weighted by molar-refractivity contribution is 8.00. The van der Waals surface area contributed by atoms with Crippen LogP contribution in [0.1, 0.15) is 5.56 Å². The third-order valence-electron chi connectivity index (χ3n) is 3.72. The SMILES string of the molecule is c1ccc2c(c1)CC(COc1cnc3ccccc3c1)S2. The summed E-state index contributed by atoms with van der Waals surface area (Å²) in [5, 5.41) is 1.62. The van der Waals surface area contributed by atoms with Crippen LogP contribution in [0.2, 0.25) is 0 Å². The molecule has 4 rings (SSSR count). The summed E-state index contributed by atoms with van der Waals surface area (Å²) in [5.41, 5.74) is 2.44. The molecule has 1 atom stereocenters. The third kappa shape index (κ3) is 2.61. The summed E-state index contributed by atoms with van der Waals surface area (Å²) >= 11 is 1.91. The maximum atomic E-state index is 5.95. The average Bonchev–Trinajstić information content (AvgIpc) is 2.95. The summed E-state index contributed by atoms with van der Waals surface area (Å²) in [7, 11) is 0. The Morgan fingerprint density at radius 3 is 2.90 bits per heavy atom. The molecule has 0 N–H and O–H groups in total. The van der Waals surface area contributed by atoms with Gasteiger partial charge >= 0.3 is 0 Å². The van der Waals surface area contributed by atoms with E-state index in [9.17, 15) is 0 Å². The first-order valence-electron chi connectivity index (χ1n) is 7.11. The number of para-hydroxylation sites is 1.